The molecule has 1 aliphatic carbocycles. The van der Waals surface area contributed by atoms with Crippen molar-refractivity contribution in [1.29, 1.82) is 0 Å². The molecule has 1 saturated carbocycles. The summed E-state index contributed by atoms with van der Waals surface area (Å²) >= 11 is 0. The summed E-state index contributed by atoms with van der Waals surface area (Å²) in [5.74, 6) is 3.21. The molecular formula is C18H30IN3O. The fourth-order valence-corrected chi connectivity index (χ4v) is 2.07. The lowest BCUT2D eigenvalue weighted by Gasteiger charge is -2.11. The van der Waals surface area contributed by atoms with Crippen LogP contribution in [0.4, 0.5) is 0 Å². The largest absolute Gasteiger partial charge is 0.493 e. The van der Waals surface area contributed by atoms with E-state index < -0.39 is 0 Å². The molecule has 0 heterocycles. The number of rotatable bonds is 8. The maximum Gasteiger partial charge on any atom is 0.191 e. The van der Waals surface area contributed by atoms with Crippen LogP contribution in [-0.2, 0) is 6.54 Å². The van der Waals surface area contributed by atoms with Crippen molar-refractivity contribution >= 4 is 29.9 Å². The lowest BCUT2D eigenvalue weighted by Crippen LogP contribution is -2.38. The van der Waals surface area contributed by atoms with Gasteiger partial charge in [-0.15, -0.1) is 24.0 Å². The van der Waals surface area contributed by atoms with Gasteiger partial charge in [-0.1, -0.05) is 26.0 Å². The Balaban J connectivity index is 0.00000264. The molecule has 1 aromatic carbocycles. The van der Waals surface area contributed by atoms with E-state index in [0.717, 1.165) is 37.3 Å². The third-order valence-corrected chi connectivity index (χ3v) is 3.50. The van der Waals surface area contributed by atoms with Crippen LogP contribution in [0.1, 0.15) is 39.2 Å². The van der Waals surface area contributed by atoms with Crippen LogP contribution in [0, 0.1) is 11.8 Å². The minimum atomic E-state index is 0. The van der Waals surface area contributed by atoms with E-state index in [4.69, 9.17) is 4.74 Å². The zero-order chi connectivity index (χ0) is 15.8. The highest BCUT2D eigenvalue weighted by Gasteiger charge is 2.20. The first-order valence-corrected chi connectivity index (χ1v) is 8.41. The molecule has 0 radical (unpaired) electrons. The van der Waals surface area contributed by atoms with Gasteiger partial charge in [0.05, 0.1) is 13.2 Å². The average Bonchev–Trinajstić information content (AvgIpc) is 3.33. The second kappa shape index (κ2) is 10.7. The van der Waals surface area contributed by atoms with Gasteiger partial charge in [0.25, 0.3) is 0 Å². The van der Waals surface area contributed by atoms with Crippen molar-refractivity contribution in [2.24, 2.45) is 16.8 Å². The number of aliphatic imine (C=N–C) groups is 1. The molecule has 0 amide bonds. The Morgan fingerprint density at radius 2 is 2.09 bits per heavy atom. The van der Waals surface area contributed by atoms with Crippen molar-refractivity contribution in [2.75, 3.05) is 19.7 Å². The number of nitrogens with one attached hydrogen (secondary N) is 2. The maximum absolute atomic E-state index is 5.77. The van der Waals surface area contributed by atoms with Gasteiger partial charge in [-0.3, -0.25) is 0 Å². The minimum Gasteiger partial charge on any atom is -0.493 e. The zero-order valence-corrected chi connectivity index (χ0v) is 16.8. The number of ether oxygens (including phenoxy) is 1. The van der Waals surface area contributed by atoms with Crippen LogP contribution < -0.4 is 15.4 Å². The van der Waals surface area contributed by atoms with Crippen LogP contribution >= 0.6 is 24.0 Å². The molecule has 23 heavy (non-hydrogen) atoms. The molecule has 0 bridgehead atoms. The molecule has 2 rings (SSSR count). The van der Waals surface area contributed by atoms with Crippen molar-refractivity contribution in [1.82, 2.24) is 10.6 Å². The maximum atomic E-state index is 5.77. The highest BCUT2D eigenvalue weighted by atomic mass is 127. The third kappa shape index (κ3) is 8.44. The van der Waals surface area contributed by atoms with Gasteiger partial charge in [-0.25, -0.2) is 4.99 Å². The molecule has 0 atom stereocenters. The van der Waals surface area contributed by atoms with E-state index in [1.807, 2.05) is 12.1 Å². The Hall–Kier alpha value is -0.980. The molecule has 0 saturated heterocycles. The first-order valence-electron chi connectivity index (χ1n) is 8.41. The van der Waals surface area contributed by atoms with Crippen LogP contribution in [-0.4, -0.2) is 25.7 Å². The summed E-state index contributed by atoms with van der Waals surface area (Å²) < 4.78 is 5.77. The van der Waals surface area contributed by atoms with Gasteiger partial charge in [-0.2, -0.15) is 0 Å². The number of guanidine groups is 1. The number of halogens is 1. The Bertz CT molecular complexity index is 487. The molecule has 0 spiro atoms. The first-order chi connectivity index (χ1) is 10.7. The van der Waals surface area contributed by atoms with Gasteiger partial charge in [0.2, 0.25) is 0 Å². The van der Waals surface area contributed by atoms with E-state index in [1.54, 1.807) is 0 Å². The van der Waals surface area contributed by atoms with Crippen LogP contribution in [0.25, 0.3) is 0 Å². The molecule has 5 heteroatoms. The summed E-state index contributed by atoms with van der Waals surface area (Å²) in [7, 11) is 0. The summed E-state index contributed by atoms with van der Waals surface area (Å²) in [4.78, 5) is 4.66. The van der Waals surface area contributed by atoms with E-state index in [0.29, 0.717) is 12.5 Å². The molecule has 4 nitrogen and oxygen atoms in total. The average molecular weight is 431 g/mol. The van der Waals surface area contributed by atoms with Gasteiger partial charge in [0, 0.05) is 13.1 Å². The quantitative estimate of drug-likeness (QED) is 0.374. The van der Waals surface area contributed by atoms with E-state index in [2.05, 4.69) is 48.5 Å². The van der Waals surface area contributed by atoms with Crippen molar-refractivity contribution < 1.29 is 4.74 Å². The Labute approximate surface area is 157 Å². The predicted octanol–water partition coefficient (Wildman–Crippen LogP) is 3.80. The molecule has 2 N–H and O–H groups in total. The fourth-order valence-electron chi connectivity index (χ4n) is 2.07. The molecule has 0 aliphatic heterocycles. The van der Waals surface area contributed by atoms with Gasteiger partial charge < -0.3 is 15.4 Å². The summed E-state index contributed by atoms with van der Waals surface area (Å²) in [6.07, 6.45) is 2.70. The Morgan fingerprint density at radius 3 is 2.74 bits per heavy atom. The number of benzene rings is 1. The van der Waals surface area contributed by atoms with E-state index in [-0.39, 0.29) is 24.0 Å². The Morgan fingerprint density at radius 1 is 1.30 bits per heavy atom. The van der Waals surface area contributed by atoms with E-state index in [1.165, 1.54) is 18.4 Å². The summed E-state index contributed by atoms with van der Waals surface area (Å²) in [6.45, 7) is 9.73. The van der Waals surface area contributed by atoms with Crippen LogP contribution in [0.2, 0.25) is 0 Å². The van der Waals surface area contributed by atoms with E-state index >= 15 is 0 Å². The molecule has 1 aliphatic rings. The molecule has 130 valence electrons. The molecule has 0 aromatic heterocycles. The number of nitrogens with zero attached hydrogens (tertiary/aromatic N) is 1. The Kier molecular flexibility index (Phi) is 9.36. The fraction of sp³-hybridized carbons (Fsp3) is 0.611. The van der Waals surface area contributed by atoms with Crippen molar-refractivity contribution in [2.45, 2.75) is 40.2 Å². The molecule has 1 aromatic rings. The van der Waals surface area contributed by atoms with Gasteiger partial charge in [0.1, 0.15) is 5.75 Å². The summed E-state index contributed by atoms with van der Waals surface area (Å²) in [5.41, 5.74) is 1.17. The predicted molar refractivity (Wildman–Crippen MR) is 108 cm³/mol. The number of hydrogen-bond donors (Lipinski definition) is 2. The van der Waals surface area contributed by atoms with Crippen LogP contribution in [0.5, 0.6) is 5.75 Å². The van der Waals surface area contributed by atoms with Crippen LogP contribution in [0.3, 0.4) is 0 Å². The van der Waals surface area contributed by atoms with Crippen LogP contribution in [0.15, 0.2) is 29.3 Å². The number of hydrogen-bond acceptors (Lipinski definition) is 2. The van der Waals surface area contributed by atoms with Gasteiger partial charge in [0.15, 0.2) is 5.96 Å². The lowest BCUT2D eigenvalue weighted by molar-refractivity contribution is 0.271. The van der Waals surface area contributed by atoms with Crippen molar-refractivity contribution in [3.8, 4) is 5.75 Å². The summed E-state index contributed by atoms with van der Waals surface area (Å²) in [5, 5.41) is 6.71. The molecule has 1 fully saturated rings. The normalized spacial score (nSPS) is 14.3. The third-order valence-electron chi connectivity index (χ3n) is 3.50. The summed E-state index contributed by atoms with van der Waals surface area (Å²) in [6, 6.07) is 8.21. The van der Waals surface area contributed by atoms with Gasteiger partial charge >= 0.3 is 0 Å². The first kappa shape index (κ1) is 20.1. The van der Waals surface area contributed by atoms with Crippen molar-refractivity contribution in [3.63, 3.8) is 0 Å². The monoisotopic (exact) mass is 431 g/mol. The zero-order valence-electron chi connectivity index (χ0n) is 14.5. The minimum absolute atomic E-state index is 0. The second-order valence-corrected chi connectivity index (χ2v) is 6.37. The molecular weight excluding hydrogens is 401 g/mol. The highest BCUT2D eigenvalue weighted by Crippen LogP contribution is 2.27. The SMILES string of the molecule is CCNC(=NCc1cccc(OCC(C)C)c1)NCC1CC1.I. The second-order valence-electron chi connectivity index (χ2n) is 6.37. The van der Waals surface area contributed by atoms with Crippen molar-refractivity contribution in [3.05, 3.63) is 29.8 Å². The smallest absolute Gasteiger partial charge is 0.191 e. The standard InChI is InChI=1S/C18H29N3O.HI/c1-4-19-18(20-11-15-8-9-15)21-12-16-6-5-7-17(10-16)22-13-14(2)3;/h5-7,10,14-15H,4,8-9,11-13H2,1-3H3,(H2,19,20,21);1H. The van der Waals surface area contributed by atoms with Gasteiger partial charge in [-0.05, 0) is 49.3 Å². The molecule has 0 unspecified atom stereocenters. The van der Waals surface area contributed by atoms with E-state index in [9.17, 15) is 0 Å². The highest BCUT2D eigenvalue weighted by molar-refractivity contribution is 14.0. The topological polar surface area (TPSA) is 45.7 Å². The lowest BCUT2D eigenvalue weighted by atomic mass is 10.2.